The van der Waals surface area contributed by atoms with Crippen LogP contribution in [0.2, 0.25) is 0 Å². The lowest BCUT2D eigenvalue weighted by Crippen LogP contribution is -2.35. The molecule has 0 bridgehead atoms. The van der Waals surface area contributed by atoms with E-state index in [4.69, 9.17) is 9.47 Å². The number of hydrogen-bond acceptors (Lipinski definition) is 5. The highest BCUT2D eigenvalue weighted by Crippen LogP contribution is 2.32. The molecular weight excluding hydrogens is 465 g/mol. The fraction of sp³-hybridized carbons (Fsp3) is 0.471. The summed E-state index contributed by atoms with van der Waals surface area (Å²) in [6.07, 6.45) is 0.852. The number of aliphatic imine (C=N–C) groups is 1. The number of ether oxygens (including phenoxy) is 2. The van der Waals surface area contributed by atoms with Gasteiger partial charge >= 0.3 is 6.03 Å². The zero-order valence-electron chi connectivity index (χ0n) is 15.1. The molecule has 0 aliphatic carbocycles. The summed E-state index contributed by atoms with van der Waals surface area (Å²) >= 11 is 0. The van der Waals surface area contributed by atoms with Crippen molar-refractivity contribution < 1.29 is 19.1 Å². The maximum absolute atomic E-state index is 11.6. The summed E-state index contributed by atoms with van der Waals surface area (Å²) in [4.78, 5) is 28.7. The van der Waals surface area contributed by atoms with Gasteiger partial charge in [0.05, 0.1) is 32.8 Å². The molecule has 148 valence electrons. The van der Waals surface area contributed by atoms with Crippen molar-refractivity contribution in [2.24, 2.45) is 4.99 Å². The van der Waals surface area contributed by atoms with Gasteiger partial charge in [-0.05, 0) is 19.1 Å². The number of nitrogens with zero attached hydrogens (tertiary/aromatic N) is 2. The molecule has 0 spiro atoms. The molecule has 1 saturated heterocycles. The Morgan fingerprint density at radius 1 is 1.26 bits per heavy atom. The van der Waals surface area contributed by atoms with Crippen LogP contribution in [-0.4, -0.2) is 62.2 Å². The maximum atomic E-state index is 11.6. The van der Waals surface area contributed by atoms with Crippen LogP contribution in [0.5, 0.6) is 11.5 Å². The Bertz CT molecular complexity index is 697. The van der Waals surface area contributed by atoms with E-state index in [1.54, 1.807) is 0 Å². The number of carbonyl (C=O) groups is 2. The largest absolute Gasteiger partial charge is 0.490 e. The minimum absolute atomic E-state index is 0. The molecule has 1 aromatic carbocycles. The Morgan fingerprint density at radius 2 is 2.04 bits per heavy atom. The summed E-state index contributed by atoms with van der Waals surface area (Å²) in [6, 6.07) is 5.24. The summed E-state index contributed by atoms with van der Waals surface area (Å²) in [5.74, 6) is 1.76. The van der Waals surface area contributed by atoms with E-state index >= 15 is 0 Å². The number of guanidine groups is 1. The number of benzene rings is 1. The van der Waals surface area contributed by atoms with Crippen LogP contribution in [0, 0.1) is 0 Å². The van der Waals surface area contributed by atoms with Gasteiger partial charge in [0.15, 0.2) is 17.5 Å². The summed E-state index contributed by atoms with van der Waals surface area (Å²) < 4.78 is 11.3. The van der Waals surface area contributed by atoms with Crippen molar-refractivity contribution in [3.8, 4) is 11.5 Å². The van der Waals surface area contributed by atoms with E-state index in [2.05, 4.69) is 20.9 Å². The summed E-state index contributed by atoms with van der Waals surface area (Å²) in [7, 11) is 0. The first-order valence-electron chi connectivity index (χ1n) is 8.70. The third-order valence-corrected chi connectivity index (χ3v) is 3.89. The smallest absolute Gasteiger partial charge is 0.324 e. The van der Waals surface area contributed by atoms with Gasteiger partial charge in [0.2, 0.25) is 5.91 Å². The molecule has 3 amide bonds. The highest BCUT2D eigenvalue weighted by Gasteiger charge is 2.27. The minimum atomic E-state index is -0.369. The second-order valence-electron chi connectivity index (χ2n) is 5.80. The summed E-state index contributed by atoms with van der Waals surface area (Å²) in [5, 5.41) is 8.82. The highest BCUT2D eigenvalue weighted by molar-refractivity contribution is 14.0. The summed E-state index contributed by atoms with van der Waals surface area (Å²) in [5.41, 5.74) is 0.809. The molecule has 0 radical (unpaired) electrons. The number of imide groups is 1. The van der Waals surface area contributed by atoms with Crippen LogP contribution in [0.15, 0.2) is 23.2 Å². The van der Waals surface area contributed by atoms with Gasteiger partial charge in [-0.25, -0.2) is 4.79 Å². The molecule has 0 aromatic heterocycles. The van der Waals surface area contributed by atoms with Crippen LogP contribution in [0.4, 0.5) is 10.5 Å². The lowest BCUT2D eigenvalue weighted by Gasteiger charge is -2.15. The number of nitrogens with one attached hydrogen (secondary N) is 3. The molecule has 3 rings (SSSR count). The van der Waals surface area contributed by atoms with Crippen molar-refractivity contribution in [1.82, 2.24) is 15.5 Å². The van der Waals surface area contributed by atoms with Crippen molar-refractivity contribution in [3.63, 3.8) is 0 Å². The third kappa shape index (κ3) is 5.62. The van der Waals surface area contributed by atoms with E-state index in [9.17, 15) is 9.59 Å². The molecule has 1 aromatic rings. The van der Waals surface area contributed by atoms with E-state index in [-0.39, 0.29) is 49.0 Å². The Labute approximate surface area is 174 Å². The molecule has 2 aliphatic rings. The highest BCUT2D eigenvalue weighted by atomic mass is 127. The number of carbonyl (C=O) groups excluding carboxylic acids is 2. The lowest BCUT2D eigenvalue weighted by atomic mass is 10.3. The standard InChI is InChI=1S/C17H23N5O4.HI/c1-2-18-16(19-6-7-22-15(23)11-20-17(22)24)21-12-4-5-13-14(10-12)26-9-3-8-25-13;/h4-5,10H,2-3,6-9,11H2,1H3,(H,20,24)(H2,18,19,21);1H. The lowest BCUT2D eigenvalue weighted by molar-refractivity contribution is -0.124. The zero-order valence-corrected chi connectivity index (χ0v) is 17.4. The van der Waals surface area contributed by atoms with E-state index in [0.717, 1.165) is 17.9 Å². The van der Waals surface area contributed by atoms with Gasteiger partial charge < -0.3 is 25.4 Å². The van der Waals surface area contributed by atoms with E-state index in [1.165, 1.54) is 4.90 Å². The predicted octanol–water partition coefficient (Wildman–Crippen LogP) is 1.40. The number of rotatable bonds is 5. The average Bonchev–Trinajstić information content (AvgIpc) is 2.83. The molecule has 2 aliphatic heterocycles. The number of fused-ring (bicyclic) bond motifs is 1. The van der Waals surface area contributed by atoms with Crippen LogP contribution >= 0.6 is 24.0 Å². The van der Waals surface area contributed by atoms with Crippen LogP contribution in [0.1, 0.15) is 13.3 Å². The van der Waals surface area contributed by atoms with Crippen LogP contribution < -0.4 is 25.4 Å². The molecular formula is C17H24IN5O4. The van der Waals surface area contributed by atoms with Crippen molar-refractivity contribution in [3.05, 3.63) is 18.2 Å². The second kappa shape index (κ2) is 10.2. The molecule has 1 fully saturated rings. The average molecular weight is 489 g/mol. The molecule has 0 unspecified atom stereocenters. The Kier molecular flexibility index (Phi) is 7.95. The molecule has 27 heavy (non-hydrogen) atoms. The number of amides is 3. The topological polar surface area (TPSA) is 104 Å². The molecule has 0 atom stereocenters. The molecule has 0 saturated carbocycles. The maximum Gasteiger partial charge on any atom is 0.324 e. The Hall–Kier alpha value is -2.24. The molecule has 9 nitrogen and oxygen atoms in total. The van der Waals surface area contributed by atoms with Gasteiger partial charge in [0.1, 0.15) is 0 Å². The first kappa shape index (κ1) is 21.1. The van der Waals surface area contributed by atoms with Crippen LogP contribution in [0.3, 0.4) is 0 Å². The van der Waals surface area contributed by atoms with Crippen molar-refractivity contribution in [1.29, 1.82) is 0 Å². The van der Waals surface area contributed by atoms with Gasteiger partial charge in [-0.15, -0.1) is 24.0 Å². The predicted molar refractivity (Wildman–Crippen MR) is 112 cm³/mol. The van der Waals surface area contributed by atoms with E-state index in [1.807, 2.05) is 25.1 Å². The first-order valence-corrected chi connectivity index (χ1v) is 8.70. The van der Waals surface area contributed by atoms with Gasteiger partial charge in [-0.2, -0.15) is 0 Å². The van der Waals surface area contributed by atoms with E-state index < -0.39 is 0 Å². The third-order valence-electron chi connectivity index (χ3n) is 3.89. The molecule has 2 heterocycles. The fourth-order valence-electron chi connectivity index (χ4n) is 2.63. The number of urea groups is 1. The minimum Gasteiger partial charge on any atom is -0.490 e. The fourth-order valence-corrected chi connectivity index (χ4v) is 2.63. The van der Waals surface area contributed by atoms with Crippen molar-refractivity contribution >= 4 is 47.6 Å². The van der Waals surface area contributed by atoms with Gasteiger partial charge in [0.25, 0.3) is 0 Å². The van der Waals surface area contributed by atoms with Crippen LogP contribution in [0.25, 0.3) is 0 Å². The number of hydrogen-bond donors (Lipinski definition) is 3. The number of halogens is 1. The molecule has 10 heteroatoms. The second-order valence-corrected chi connectivity index (χ2v) is 5.80. The monoisotopic (exact) mass is 489 g/mol. The summed E-state index contributed by atoms with van der Waals surface area (Å²) in [6.45, 7) is 4.50. The first-order chi connectivity index (χ1) is 12.7. The number of anilines is 1. The van der Waals surface area contributed by atoms with Crippen LogP contribution in [-0.2, 0) is 4.79 Å². The zero-order chi connectivity index (χ0) is 18.4. The van der Waals surface area contributed by atoms with Gasteiger partial charge in [-0.1, -0.05) is 0 Å². The van der Waals surface area contributed by atoms with Crippen molar-refractivity contribution in [2.75, 3.05) is 44.7 Å². The quantitative estimate of drug-likeness (QED) is 0.250. The molecule has 3 N–H and O–H groups in total. The van der Waals surface area contributed by atoms with Crippen molar-refractivity contribution in [2.45, 2.75) is 13.3 Å². The Morgan fingerprint density at radius 3 is 2.74 bits per heavy atom. The SMILES string of the molecule is CCNC(=NCCN1C(=O)CNC1=O)Nc1ccc2c(c1)OCCCO2.I. The van der Waals surface area contributed by atoms with Gasteiger partial charge in [0, 0.05) is 24.7 Å². The van der Waals surface area contributed by atoms with Gasteiger partial charge in [-0.3, -0.25) is 14.7 Å². The Balaban J connectivity index is 0.00000261. The normalized spacial score (nSPS) is 16.3. The van der Waals surface area contributed by atoms with E-state index in [0.29, 0.717) is 38.0 Å².